The van der Waals surface area contributed by atoms with Gasteiger partial charge < -0.3 is 4.74 Å². The Morgan fingerprint density at radius 2 is 1.42 bits per heavy atom. The van der Waals surface area contributed by atoms with E-state index in [1.54, 1.807) is 0 Å². The van der Waals surface area contributed by atoms with Gasteiger partial charge in [0.25, 0.3) is 6.17 Å². The van der Waals surface area contributed by atoms with E-state index in [0.29, 0.717) is 5.92 Å². The van der Waals surface area contributed by atoms with Crippen molar-refractivity contribution in [3.63, 3.8) is 0 Å². The minimum atomic E-state index is -5.69. The van der Waals surface area contributed by atoms with Crippen LogP contribution in [-0.2, 0) is 0 Å². The fourth-order valence-corrected chi connectivity index (χ4v) is 5.46. The molecule has 0 amide bonds. The van der Waals surface area contributed by atoms with Crippen LogP contribution in [0.5, 0.6) is 5.75 Å². The minimum absolute atomic E-state index is 0.469. The van der Waals surface area contributed by atoms with Crippen LogP contribution in [0, 0.1) is 23.7 Å². The molecule has 0 radical (unpaired) electrons. The molecule has 7 heteroatoms. The van der Waals surface area contributed by atoms with Crippen molar-refractivity contribution >= 4 is 6.08 Å². The number of ether oxygens (including phenoxy) is 1. The fraction of sp³-hybridized carbons (Fsp3) is 0.692. The smallest absolute Gasteiger partial charge is 0.430 e. The van der Waals surface area contributed by atoms with Crippen molar-refractivity contribution < 1.29 is 31.1 Å². The second-order valence-corrected chi connectivity index (χ2v) is 9.74. The molecule has 0 N–H and O–H groups in total. The molecule has 0 spiro atoms. The number of alkyl halides is 6. The lowest BCUT2D eigenvalue weighted by molar-refractivity contribution is -0.304. The monoisotopic (exact) mass is 476 g/mol. The Kier molecular flexibility index (Phi) is 8.79. The molecule has 0 bridgehead atoms. The lowest BCUT2D eigenvalue weighted by atomic mass is 9.68. The van der Waals surface area contributed by atoms with Crippen molar-refractivity contribution in [2.24, 2.45) is 23.7 Å². The summed E-state index contributed by atoms with van der Waals surface area (Å²) in [6.45, 7) is 2.26. The molecule has 2 fully saturated rings. The van der Waals surface area contributed by atoms with E-state index in [1.165, 1.54) is 63.5 Å². The minimum Gasteiger partial charge on any atom is -0.430 e. The zero-order chi connectivity index (χ0) is 24.1. The summed E-state index contributed by atoms with van der Waals surface area (Å²) in [6, 6.07) is 5.21. The number of rotatable bonds is 8. The van der Waals surface area contributed by atoms with Gasteiger partial charge in [-0.05, 0) is 79.9 Å². The Labute approximate surface area is 192 Å². The van der Waals surface area contributed by atoms with Crippen molar-refractivity contribution in [1.29, 1.82) is 0 Å². The van der Waals surface area contributed by atoms with Gasteiger partial charge in [0.1, 0.15) is 5.75 Å². The quantitative estimate of drug-likeness (QED) is 0.340. The average molecular weight is 477 g/mol. The number of hydrogen-bond acceptors (Lipinski definition) is 1. The summed E-state index contributed by atoms with van der Waals surface area (Å²) in [4.78, 5) is 0. The summed E-state index contributed by atoms with van der Waals surface area (Å²) >= 11 is 0. The molecule has 33 heavy (non-hydrogen) atoms. The summed E-state index contributed by atoms with van der Waals surface area (Å²) in [7, 11) is 0. The van der Waals surface area contributed by atoms with E-state index in [1.807, 2.05) is 6.08 Å². The van der Waals surface area contributed by atoms with Gasteiger partial charge in [0.2, 0.25) is 0 Å². The molecule has 3 rings (SSSR count). The van der Waals surface area contributed by atoms with Crippen LogP contribution in [-0.4, -0.2) is 18.5 Å². The van der Waals surface area contributed by atoms with E-state index in [0.717, 1.165) is 48.3 Å². The van der Waals surface area contributed by atoms with Gasteiger partial charge in [-0.2, -0.15) is 22.0 Å². The molecule has 2 aliphatic rings. The zero-order valence-corrected chi connectivity index (χ0v) is 19.1. The third-order valence-corrected chi connectivity index (χ3v) is 7.35. The summed E-state index contributed by atoms with van der Waals surface area (Å²) < 4.78 is 80.4. The van der Waals surface area contributed by atoms with Gasteiger partial charge in [0.05, 0.1) is 0 Å². The maximum absolute atomic E-state index is 13.4. The van der Waals surface area contributed by atoms with Gasteiger partial charge in [-0.15, -0.1) is 0 Å². The first-order chi connectivity index (χ1) is 15.6. The van der Waals surface area contributed by atoms with Gasteiger partial charge in [-0.25, -0.2) is 4.39 Å². The topological polar surface area (TPSA) is 9.23 Å². The highest BCUT2D eigenvalue weighted by Crippen LogP contribution is 2.42. The predicted octanol–water partition coefficient (Wildman–Crippen LogP) is 8.98. The Balaban J connectivity index is 1.45. The van der Waals surface area contributed by atoms with Gasteiger partial charge in [-0.3, -0.25) is 0 Å². The molecule has 1 aromatic carbocycles. The zero-order valence-electron chi connectivity index (χ0n) is 19.1. The maximum atomic E-state index is 13.4. The van der Waals surface area contributed by atoms with E-state index in [4.69, 9.17) is 0 Å². The second kappa shape index (κ2) is 11.2. The Morgan fingerprint density at radius 1 is 0.879 bits per heavy atom. The summed E-state index contributed by atoms with van der Waals surface area (Å²) in [5.41, 5.74) is 0.731. The largest absolute Gasteiger partial charge is 0.439 e. The van der Waals surface area contributed by atoms with Gasteiger partial charge in [0.15, 0.2) is 0 Å². The van der Waals surface area contributed by atoms with Crippen LogP contribution in [0.4, 0.5) is 26.3 Å². The molecule has 1 atom stereocenters. The highest BCUT2D eigenvalue weighted by molar-refractivity contribution is 5.50. The molecular formula is C26H34F6O. The highest BCUT2D eigenvalue weighted by Gasteiger charge is 2.59. The van der Waals surface area contributed by atoms with E-state index in [2.05, 4.69) is 17.7 Å². The van der Waals surface area contributed by atoms with Crippen LogP contribution >= 0.6 is 0 Å². The molecule has 0 aromatic heterocycles. The summed E-state index contributed by atoms with van der Waals surface area (Å²) in [5.74, 6) is 2.58. The lowest BCUT2D eigenvalue weighted by Crippen LogP contribution is -2.45. The van der Waals surface area contributed by atoms with Crippen LogP contribution in [0.3, 0.4) is 0 Å². The van der Waals surface area contributed by atoms with Crippen LogP contribution in [0.1, 0.15) is 76.7 Å². The summed E-state index contributed by atoms with van der Waals surface area (Å²) in [5, 5.41) is 0. The first kappa shape index (κ1) is 26.0. The fourth-order valence-electron chi connectivity index (χ4n) is 5.46. The van der Waals surface area contributed by atoms with Crippen molar-refractivity contribution in [2.45, 2.75) is 89.6 Å². The van der Waals surface area contributed by atoms with E-state index in [9.17, 15) is 26.3 Å². The van der Waals surface area contributed by atoms with Crippen LogP contribution in [0.25, 0.3) is 6.08 Å². The lowest BCUT2D eigenvalue weighted by Gasteiger charge is -2.37. The molecule has 2 saturated carbocycles. The molecule has 0 heterocycles. The van der Waals surface area contributed by atoms with Crippen molar-refractivity contribution in [2.75, 3.05) is 0 Å². The van der Waals surface area contributed by atoms with E-state index < -0.39 is 24.2 Å². The van der Waals surface area contributed by atoms with Crippen LogP contribution in [0.15, 0.2) is 30.3 Å². The first-order valence-corrected chi connectivity index (χ1v) is 12.1. The number of benzene rings is 1. The summed E-state index contributed by atoms with van der Waals surface area (Å²) in [6.07, 6.45) is 1.87. The Bertz CT molecular complexity index is 741. The SMILES string of the molecule is CCCC1CCC(C2CCC(C=Cc3ccc(OC(F)(F)C(F)C(F)(F)F)cc3)CC2)CC1. The normalized spacial score (nSPS) is 28.1. The van der Waals surface area contributed by atoms with Gasteiger partial charge >= 0.3 is 12.3 Å². The predicted molar refractivity (Wildman–Crippen MR) is 118 cm³/mol. The number of halogens is 6. The molecule has 2 aliphatic carbocycles. The van der Waals surface area contributed by atoms with Gasteiger partial charge in [-0.1, -0.05) is 56.9 Å². The third kappa shape index (κ3) is 7.41. The molecular weight excluding hydrogens is 442 g/mol. The second-order valence-electron chi connectivity index (χ2n) is 9.74. The molecule has 1 nitrogen and oxygen atoms in total. The first-order valence-electron chi connectivity index (χ1n) is 12.1. The number of allylic oxidation sites excluding steroid dienone is 1. The molecule has 1 unspecified atom stereocenters. The van der Waals surface area contributed by atoms with E-state index >= 15 is 0 Å². The van der Waals surface area contributed by atoms with Gasteiger partial charge in [0, 0.05) is 0 Å². The van der Waals surface area contributed by atoms with Crippen molar-refractivity contribution in [3.05, 3.63) is 35.9 Å². The Morgan fingerprint density at radius 3 is 1.94 bits per heavy atom. The molecule has 1 aromatic rings. The third-order valence-electron chi connectivity index (χ3n) is 7.35. The molecule has 0 saturated heterocycles. The van der Waals surface area contributed by atoms with Crippen molar-refractivity contribution in [1.82, 2.24) is 0 Å². The standard InChI is InChI=1S/C26H34F6O/c1-2-3-18-6-12-21(13-7-18)22-14-8-19(9-15-22)4-5-20-10-16-23(17-11-20)33-26(31,32)24(27)25(28,29)30/h4-5,10-11,16-19,21-22,24H,2-3,6-9,12-15H2,1H3. The van der Waals surface area contributed by atoms with Crippen LogP contribution in [0.2, 0.25) is 0 Å². The van der Waals surface area contributed by atoms with Crippen molar-refractivity contribution in [3.8, 4) is 5.75 Å². The molecule has 186 valence electrons. The average Bonchev–Trinajstić information content (AvgIpc) is 2.78. The Hall–Kier alpha value is -1.66. The molecule has 0 aliphatic heterocycles. The van der Waals surface area contributed by atoms with E-state index in [-0.39, 0.29) is 0 Å². The van der Waals surface area contributed by atoms with Crippen LogP contribution < -0.4 is 4.74 Å². The number of hydrogen-bond donors (Lipinski definition) is 0. The maximum Gasteiger partial charge on any atom is 0.439 e. The highest BCUT2D eigenvalue weighted by atomic mass is 19.4.